The van der Waals surface area contributed by atoms with Gasteiger partial charge in [-0.2, -0.15) is 0 Å². The van der Waals surface area contributed by atoms with Crippen LogP contribution in [0.2, 0.25) is 0 Å². The average molecular weight is 404 g/mol. The highest BCUT2D eigenvalue weighted by molar-refractivity contribution is 5.92. The molecule has 0 saturated heterocycles. The summed E-state index contributed by atoms with van der Waals surface area (Å²) >= 11 is 0. The lowest BCUT2D eigenvalue weighted by Gasteiger charge is -2.18. The minimum absolute atomic E-state index is 0.200. The van der Waals surface area contributed by atoms with Gasteiger partial charge < -0.3 is 10.8 Å². The molecule has 0 bridgehead atoms. The van der Waals surface area contributed by atoms with Crippen LogP contribution in [0, 0.1) is 12.7 Å². The number of aliphatic hydroxyl groups is 1. The number of hydrogen-bond donors (Lipinski definition) is 2. The Kier molecular flexibility index (Phi) is 5.15. The molecule has 0 amide bonds. The van der Waals surface area contributed by atoms with Crippen LogP contribution in [0.1, 0.15) is 24.4 Å². The first-order valence-electron chi connectivity index (χ1n) is 9.56. The van der Waals surface area contributed by atoms with Crippen molar-refractivity contribution in [3.8, 4) is 16.9 Å². The van der Waals surface area contributed by atoms with Gasteiger partial charge in [-0.15, -0.1) is 0 Å². The smallest absolute Gasteiger partial charge is 0.256 e. The van der Waals surface area contributed by atoms with Crippen molar-refractivity contribution in [2.75, 3.05) is 0 Å². The Bertz CT molecular complexity index is 1290. The number of nitrogens with two attached hydrogens (primary N) is 1. The van der Waals surface area contributed by atoms with Gasteiger partial charge in [0, 0.05) is 17.0 Å². The number of halogens is 1. The second kappa shape index (κ2) is 7.78. The molecule has 2 atom stereocenters. The molecule has 2 heterocycles. The average Bonchev–Trinajstić information content (AvgIpc) is 2.73. The monoisotopic (exact) mass is 404 g/mol. The molecule has 30 heavy (non-hydrogen) atoms. The summed E-state index contributed by atoms with van der Waals surface area (Å²) in [5.74, 6) is -0.150. The molecule has 6 nitrogen and oxygen atoms in total. The van der Waals surface area contributed by atoms with E-state index in [9.17, 15) is 14.3 Å². The highest BCUT2D eigenvalue weighted by Crippen LogP contribution is 2.30. The van der Waals surface area contributed by atoms with E-state index in [0.717, 1.165) is 0 Å². The topological polar surface area (TPSA) is 94.0 Å². The molecule has 0 aliphatic carbocycles. The third-order valence-electron chi connectivity index (χ3n) is 5.04. The Hall–Kier alpha value is -3.42. The van der Waals surface area contributed by atoms with E-state index in [1.165, 1.54) is 22.8 Å². The largest absolute Gasteiger partial charge is 0.391 e. The van der Waals surface area contributed by atoms with Gasteiger partial charge in [0.25, 0.3) is 5.56 Å². The minimum Gasteiger partial charge on any atom is -0.391 e. The van der Waals surface area contributed by atoms with Crippen LogP contribution in [0.25, 0.3) is 28.0 Å². The molecule has 0 fully saturated rings. The van der Waals surface area contributed by atoms with Gasteiger partial charge in [-0.1, -0.05) is 18.2 Å². The highest BCUT2D eigenvalue weighted by atomic mass is 19.1. The lowest BCUT2D eigenvalue weighted by molar-refractivity contribution is 0.161. The number of hydrogen-bond acceptors (Lipinski definition) is 5. The van der Waals surface area contributed by atoms with Crippen molar-refractivity contribution in [1.82, 2.24) is 14.5 Å². The van der Waals surface area contributed by atoms with E-state index in [4.69, 9.17) is 5.73 Å². The van der Waals surface area contributed by atoms with Gasteiger partial charge in [0.2, 0.25) is 0 Å². The van der Waals surface area contributed by atoms with Gasteiger partial charge in [-0.05, 0) is 55.8 Å². The van der Waals surface area contributed by atoms with Gasteiger partial charge >= 0.3 is 0 Å². The molecular formula is C23H21FN4O2. The number of benzene rings is 2. The van der Waals surface area contributed by atoms with Gasteiger partial charge in [0.15, 0.2) is 11.5 Å². The van der Waals surface area contributed by atoms with Crippen molar-refractivity contribution in [3.05, 3.63) is 88.2 Å². The number of aryl methyl sites for hydroxylation is 1. The van der Waals surface area contributed by atoms with Gasteiger partial charge in [0.1, 0.15) is 5.82 Å². The number of aromatic nitrogens is 3. The van der Waals surface area contributed by atoms with Crippen molar-refractivity contribution < 1.29 is 9.50 Å². The Labute approximate surface area is 172 Å². The van der Waals surface area contributed by atoms with Crippen molar-refractivity contribution in [3.63, 3.8) is 0 Å². The Morgan fingerprint density at radius 2 is 1.80 bits per heavy atom. The summed E-state index contributed by atoms with van der Waals surface area (Å²) < 4.78 is 15.2. The zero-order chi connectivity index (χ0) is 21.4. The van der Waals surface area contributed by atoms with Crippen molar-refractivity contribution in [2.24, 2.45) is 5.73 Å². The third kappa shape index (κ3) is 3.49. The first kappa shape index (κ1) is 19.9. The highest BCUT2D eigenvalue weighted by Gasteiger charge is 2.21. The summed E-state index contributed by atoms with van der Waals surface area (Å²) in [6, 6.07) is 15.8. The van der Waals surface area contributed by atoms with E-state index < -0.39 is 12.1 Å². The number of para-hydroxylation sites is 1. The fourth-order valence-corrected chi connectivity index (χ4v) is 3.42. The Morgan fingerprint density at radius 1 is 1.07 bits per heavy atom. The predicted octanol–water partition coefficient (Wildman–Crippen LogP) is 3.28. The second-order valence-electron chi connectivity index (χ2n) is 7.24. The molecular weight excluding hydrogens is 383 g/mol. The van der Waals surface area contributed by atoms with Crippen LogP contribution in [0.15, 0.2) is 65.5 Å². The summed E-state index contributed by atoms with van der Waals surface area (Å²) in [6.45, 7) is 3.34. The van der Waals surface area contributed by atoms with E-state index in [-0.39, 0.29) is 17.2 Å². The van der Waals surface area contributed by atoms with Crippen LogP contribution >= 0.6 is 0 Å². The molecule has 0 aliphatic heterocycles. The van der Waals surface area contributed by atoms with Crippen molar-refractivity contribution in [1.29, 1.82) is 0 Å². The fourth-order valence-electron chi connectivity index (χ4n) is 3.42. The molecule has 0 radical (unpaired) electrons. The lowest BCUT2D eigenvalue weighted by atomic mass is 10.0. The van der Waals surface area contributed by atoms with E-state index in [0.29, 0.717) is 33.5 Å². The summed E-state index contributed by atoms with van der Waals surface area (Å²) in [6.07, 6.45) is -0.898. The third-order valence-corrected chi connectivity index (χ3v) is 5.04. The first-order chi connectivity index (χ1) is 14.4. The second-order valence-corrected chi connectivity index (χ2v) is 7.24. The standard InChI is InChI=1S/C23H21FN4O2/c1-13-12-15(24)8-9-17(13)21-18-10-11-19(30)28(16-6-4-3-5-7-16)23(18)27-22(26-21)20(25)14(2)29/h3-12,14,20,29H,25H2,1-2H3. The zero-order valence-corrected chi connectivity index (χ0v) is 16.6. The number of nitrogens with zero attached hydrogens (tertiary/aromatic N) is 3. The fraction of sp³-hybridized carbons (Fsp3) is 0.174. The number of pyridine rings is 1. The molecule has 4 aromatic rings. The van der Waals surface area contributed by atoms with Crippen LogP contribution in [0.3, 0.4) is 0 Å². The van der Waals surface area contributed by atoms with Crippen molar-refractivity contribution in [2.45, 2.75) is 26.0 Å². The number of fused-ring (bicyclic) bond motifs is 1. The van der Waals surface area contributed by atoms with Gasteiger partial charge in [-0.25, -0.2) is 14.4 Å². The first-order valence-corrected chi connectivity index (χ1v) is 9.56. The van der Waals surface area contributed by atoms with Gasteiger partial charge in [0.05, 0.1) is 23.5 Å². The van der Waals surface area contributed by atoms with Gasteiger partial charge in [-0.3, -0.25) is 9.36 Å². The van der Waals surface area contributed by atoms with Crippen LogP contribution in [-0.2, 0) is 0 Å². The Balaban J connectivity index is 2.12. The molecule has 0 saturated carbocycles. The maximum Gasteiger partial charge on any atom is 0.256 e. The molecule has 3 N–H and O–H groups in total. The lowest BCUT2D eigenvalue weighted by Crippen LogP contribution is -2.27. The van der Waals surface area contributed by atoms with E-state index in [1.54, 1.807) is 38.1 Å². The maximum atomic E-state index is 13.7. The SMILES string of the molecule is Cc1cc(F)ccc1-c1nc(C(N)C(C)O)nc2c1ccc(=O)n2-c1ccccc1. The van der Waals surface area contributed by atoms with Crippen LogP contribution in [0.5, 0.6) is 0 Å². The molecule has 4 rings (SSSR count). The maximum absolute atomic E-state index is 13.7. The zero-order valence-electron chi connectivity index (χ0n) is 16.6. The Morgan fingerprint density at radius 3 is 2.47 bits per heavy atom. The molecule has 0 aliphatic rings. The van der Waals surface area contributed by atoms with Crippen LogP contribution in [-0.4, -0.2) is 25.7 Å². The predicted molar refractivity (Wildman–Crippen MR) is 114 cm³/mol. The van der Waals surface area contributed by atoms with E-state index >= 15 is 0 Å². The molecule has 2 aromatic carbocycles. The number of aliphatic hydroxyl groups excluding tert-OH is 1. The van der Waals surface area contributed by atoms with E-state index in [2.05, 4.69) is 9.97 Å². The minimum atomic E-state index is -0.898. The summed E-state index contributed by atoms with van der Waals surface area (Å²) in [7, 11) is 0. The molecule has 152 valence electrons. The molecule has 7 heteroatoms. The molecule has 2 unspecified atom stereocenters. The summed E-state index contributed by atoms with van der Waals surface area (Å²) in [5.41, 5.74) is 8.80. The summed E-state index contributed by atoms with van der Waals surface area (Å²) in [4.78, 5) is 22.0. The summed E-state index contributed by atoms with van der Waals surface area (Å²) in [5, 5.41) is 10.6. The normalized spacial score (nSPS) is 13.4. The molecule has 2 aromatic heterocycles. The van der Waals surface area contributed by atoms with Crippen LogP contribution in [0.4, 0.5) is 4.39 Å². The van der Waals surface area contributed by atoms with Crippen LogP contribution < -0.4 is 11.3 Å². The van der Waals surface area contributed by atoms with E-state index in [1.807, 2.05) is 18.2 Å². The quantitative estimate of drug-likeness (QED) is 0.544. The molecule has 0 spiro atoms. The van der Waals surface area contributed by atoms with Crippen molar-refractivity contribution >= 4 is 11.0 Å². The number of rotatable bonds is 4.